The minimum atomic E-state index is 0.284. The van der Waals surface area contributed by atoms with Crippen LogP contribution in [0.25, 0.3) is 6.08 Å². The summed E-state index contributed by atoms with van der Waals surface area (Å²) in [5.41, 5.74) is 0. The van der Waals surface area contributed by atoms with Gasteiger partial charge >= 0.3 is 0 Å². The van der Waals surface area contributed by atoms with Crippen LogP contribution in [0.2, 0.25) is 0 Å². The van der Waals surface area contributed by atoms with Crippen LogP contribution in [-0.2, 0) is 4.74 Å². The smallest absolute Gasteiger partial charge is 0.258 e. The topological polar surface area (TPSA) is 64.9 Å². The van der Waals surface area contributed by atoms with E-state index in [1.54, 1.807) is 36.6 Å². The number of hydrogen-bond acceptors (Lipinski definition) is 5. The molecule has 0 unspecified atom stereocenters. The lowest BCUT2D eigenvalue weighted by Crippen LogP contribution is -1.97. The van der Waals surface area contributed by atoms with Crippen molar-refractivity contribution in [3.05, 3.63) is 53.6 Å². The van der Waals surface area contributed by atoms with Crippen molar-refractivity contribution in [3.8, 4) is 0 Å². The maximum Gasteiger partial charge on any atom is 0.258 e. The van der Waals surface area contributed by atoms with Gasteiger partial charge in [0.05, 0.1) is 6.26 Å². The molecule has 5 nitrogen and oxygen atoms in total. The monoisotopic (exact) mass is 243 g/mol. The molecule has 0 amide bonds. The van der Waals surface area contributed by atoms with Gasteiger partial charge in [-0.05, 0) is 24.3 Å². The number of aliphatic imine (C=N–C) groups is 1. The Morgan fingerprint density at radius 1 is 1.22 bits per heavy atom. The fourth-order valence-electron chi connectivity index (χ4n) is 1.61. The van der Waals surface area contributed by atoms with Gasteiger partial charge in [0.2, 0.25) is 0 Å². The van der Waals surface area contributed by atoms with E-state index in [4.69, 9.17) is 13.6 Å². The number of hydrogen-bond donors (Lipinski definition) is 0. The van der Waals surface area contributed by atoms with Gasteiger partial charge in [0, 0.05) is 6.08 Å². The summed E-state index contributed by atoms with van der Waals surface area (Å²) in [5.74, 6) is 2.53. The molecule has 0 saturated carbocycles. The molecule has 0 N–H and O–H groups in total. The van der Waals surface area contributed by atoms with E-state index < -0.39 is 0 Å². The van der Waals surface area contributed by atoms with Crippen molar-refractivity contribution in [1.82, 2.24) is 0 Å². The molecule has 0 bridgehead atoms. The van der Waals surface area contributed by atoms with Crippen LogP contribution in [0, 0.1) is 0 Å². The molecule has 1 aliphatic heterocycles. The molecule has 0 fully saturated rings. The Balaban J connectivity index is 1.75. The standard InChI is InChI=1S/C13H9NO4/c15-8-10-4-3-9(17-10)6-11-7-14-13(18-11)12-2-1-5-16-12/h1-6,8H,7H2/b11-6-. The molecule has 0 aliphatic carbocycles. The maximum absolute atomic E-state index is 10.5. The summed E-state index contributed by atoms with van der Waals surface area (Å²) in [7, 11) is 0. The van der Waals surface area contributed by atoms with Crippen LogP contribution in [0.15, 0.2) is 50.1 Å². The van der Waals surface area contributed by atoms with E-state index in [1.165, 1.54) is 0 Å². The molecule has 3 rings (SSSR count). The van der Waals surface area contributed by atoms with Crippen LogP contribution in [0.1, 0.15) is 22.1 Å². The first-order chi connectivity index (χ1) is 8.85. The van der Waals surface area contributed by atoms with Gasteiger partial charge in [-0.1, -0.05) is 0 Å². The van der Waals surface area contributed by atoms with Crippen molar-refractivity contribution in [1.29, 1.82) is 0 Å². The normalized spacial score (nSPS) is 16.7. The van der Waals surface area contributed by atoms with Gasteiger partial charge in [-0.15, -0.1) is 0 Å². The molecule has 0 aromatic carbocycles. The number of rotatable bonds is 3. The van der Waals surface area contributed by atoms with Gasteiger partial charge in [0.25, 0.3) is 5.90 Å². The zero-order valence-electron chi connectivity index (χ0n) is 9.33. The predicted molar refractivity (Wildman–Crippen MR) is 63.3 cm³/mol. The molecular formula is C13H9NO4. The quantitative estimate of drug-likeness (QED) is 0.777. The van der Waals surface area contributed by atoms with E-state index in [0.29, 0.717) is 36.0 Å². The average Bonchev–Trinajstić information content (AvgIpc) is 3.10. The molecule has 0 radical (unpaired) electrons. The fraction of sp³-hybridized carbons (Fsp3) is 0.0769. The second-order valence-electron chi connectivity index (χ2n) is 3.67. The SMILES string of the molecule is O=Cc1ccc(/C=C2/CN=C(c3ccco3)O2)o1. The second-order valence-corrected chi connectivity index (χ2v) is 3.67. The van der Waals surface area contributed by atoms with Crippen LogP contribution in [0.3, 0.4) is 0 Å². The average molecular weight is 243 g/mol. The van der Waals surface area contributed by atoms with E-state index in [0.717, 1.165) is 0 Å². The van der Waals surface area contributed by atoms with Crippen molar-refractivity contribution in [2.45, 2.75) is 0 Å². The summed E-state index contributed by atoms with van der Waals surface area (Å²) in [4.78, 5) is 14.7. The minimum absolute atomic E-state index is 0.284. The Morgan fingerprint density at radius 3 is 2.83 bits per heavy atom. The predicted octanol–water partition coefficient (Wildman–Crippen LogP) is 2.50. The van der Waals surface area contributed by atoms with Crippen LogP contribution in [0.4, 0.5) is 0 Å². The zero-order valence-corrected chi connectivity index (χ0v) is 9.33. The van der Waals surface area contributed by atoms with E-state index in [9.17, 15) is 4.79 Å². The number of carbonyl (C=O) groups is 1. The molecule has 1 aliphatic rings. The largest absolute Gasteiger partial charge is 0.459 e. The minimum Gasteiger partial charge on any atom is -0.459 e. The third-order valence-corrected chi connectivity index (χ3v) is 2.41. The molecule has 3 heterocycles. The van der Waals surface area contributed by atoms with Crippen molar-refractivity contribution >= 4 is 18.3 Å². The number of furan rings is 2. The first-order valence-corrected chi connectivity index (χ1v) is 5.37. The first-order valence-electron chi connectivity index (χ1n) is 5.37. The summed E-state index contributed by atoms with van der Waals surface area (Å²) in [6, 6.07) is 6.85. The number of nitrogens with zero attached hydrogens (tertiary/aromatic N) is 1. The Hall–Kier alpha value is -2.56. The summed E-state index contributed by atoms with van der Waals surface area (Å²) in [6.45, 7) is 0.424. The van der Waals surface area contributed by atoms with E-state index in [-0.39, 0.29) is 5.76 Å². The lowest BCUT2D eigenvalue weighted by atomic mass is 10.3. The highest BCUT2D eigenvalue weighted by Crippen LogP contribution is 2.18. The van der Waals surface area contributed by atoms with Gasteiger partial charge in [-0.3, -0.25) is 4.79 Å². The first kappa shape index (κ1) is 10.6. The molecule has 90 valence electrons. The maximum atomic E-state index is 10.5. The molecular weight excluding hydrogens is 234 g/mol. The van der Waals surface area contributed by atoms with Crippen LogP contribution in [-0.4, -0.2) is 18.7 Å². The Labute approximate surface area is 102 Å². The van der Waals surface area contributed by atoms with Gasteiger partial charge in [0.1, 0.15) is 18.1 Å². The summed E-state index contributed by atoms with van der Waals surface area (Å²) >= 11 is 0. The van der Waals surface area contributed by atoms with Crippen molar-refractivity contribution in [2.24, 2.45) is 4.99 Å². The van der Waals surface area contributed by atoms with Gasteiger partial charge in [-0.2, -0.15) is 0 Å². The molecule has 18 heavy (non-hydrogen) atoms. The lowest BCUT2D eigenvalue weighted by molar-refractivity contribution is 0.110. The fourth-order valence-corrected chi connectivity index (χ4v) is 1.61. The Morgan fingerprint density at radius 2 is 2.11 bits per heavy atom. The molecule has 2 aromatic rings. The van der Waals surface area contributed by atoms with Crippen molar-refractivity contribution in [2.75, 3.05) is 6.54 Å². The van der Waals surface area contributed by atoms with Gasteiger partial charge in [0.15, 0.2) is 17.8 Å². The third-order valence-electron chi connectivity index (χ3n) is 2.41. The molecule has 5 heteroatoms. The lowest BCUT2D eigenvalue weighted by Gasteiger charge is -1.98. The third kappa shape index (κ3) is 1.98. The van der Waals surface area contributed by atoms with Gasteiger partial charge in [-0.25, -0.2) is 4.99 Å². The molecule has 0 spiro atoms. The highest BCUT2D eigenvalue weighted by Gasteiger charge is 2.17. The van der Waals surface area contributed by atoms with Crippen LogP contribution < -0.4 is 0 Å². The van der Waals surface area contributed by atoms with Crippen molar-refractivity contribution < 1.29 is 18.4 Å². The number of ether oxygens (including phenoxy) is 1. The number of carbonyl (C=O) groups excluding carboxylic acids is 1. The van der Waals surface area contributed by atoms with Gasteiger partial charge < -0.3 is 13.6 Å². The highest BCUT2D eigenvalue weighted by molar-refractivity contribution is 5.93. The zero-order chi connectivity index (χ0) is 12.4. The van der Waals surface area contributed by atoms with Crippen LogP contribution in [0.5, 0.6) is 0 Å². The summed E-state index contributed by atoms with van der Waals surface area (Å²) in [6.07, 6.45) is 3.92. The summed E-state index contributed by atoms with van der Waals surface area (Å²) < 4.78 is 15.9. The van der Waals surface area contributed by atoms with Crippen LogP contribution >= 0.6 is 0 Å². The van der Waals surface area contributed by atoms with E-state index in [1.807, 2.05) is 0 Å². The molecule has 0 saturated heterocycles. The van der Waals surface area contributed by atoms with E-state index in [2.05, 4.69) is 4.99 Å². The Bertz CT molecular complexity index is 619. The summed E-state index contributed by atoms with van der Waals surface area (Å²) in [5, 5.41) is 0. The van der Waals surface area contributed by atoms with E-state index >= 15 is 0 Å². The van der Waals surface area contributed by atoms with Crippen molar-refractivity contribution in [3.63, 3.8) is 0 Å². The number of aldehydes is 1. The highest BCUT2D eigenvalue weighted by atomic mass is 16.5. The molecule has 0 atom stereocenters. The second kappa shape index (κ2) is 4.37. The Kier molecular flexibility index (Phi) is 2.57. The molecule has 2 aromatic heterocycles.